The van der Waals surface area contributed by atoms with E-state index in [-0.39, 0.29) is 24.5 Å². The van der Waals surface area contributed by atoms with Crippen molar-refractivity contribution in [2.24, 2.45) is 0 Å². The van der Waals surface area contributed by atoms with E-state index in [0.717, 1.165) is 25.7 Å². The third-order valence-electron chi connectivity index (χ3n) is 2.79. The second-order valence-corrected chi connectivity index (χ2v) is 4.48. The van der Waals surface area contributed by atoms with Crippen molar-refractivity contribution in [1.82, 2.24) is 10.6 Å². The Bertz CT molecular complexity index is 244. The Kier molecular flexibility index (Phi) is 10.3. The van der Waals surface area contributed by atoms with E-state index in [2.05, 4.69) is 10.6 Å². The van der Waals surface area contributed by atoms with Gasteiger partial charge in [-0.15, -0.1) is 0 Å². The molecule has 0 radical (unpaired) electrons. The van der Waals surface area contributed by atoms with E-state index in [1.54, 1.807) is 0 Å². The van der Waals surface area contributed by atoms with Crippen molar-refractivity contribution in [2.75, 3.05) is 13.2 Å². The number of amides is 2. The monoisotopic (exact) mass is 258 g/mol. The molecular weight excluding hydrogens is 232 g/mol. The van der Waals surface area contributed by atoms with Gasteiger partial charge in [0.1, 0.15) is 0 Å². The van der Waals surface area contributed by atoms with Crippen molar-refractivity contribution < 1.29 is 14.7 Å². The average molecular weight is 258 g/mol. The van der Waals surface area contributed by atoms with E-state index in [4.69, 9.17) is 5.11 Å². The van der Waals surface area contributed by atoms with E-state index in [0.29, 0.717) is 19.4 Å². The lowest BCUT2D eigenvalue weighted by molar-refractivity contribution is -0.122. The first kappa shape index (κ1) is 16.9. The molecule has 0 aliphatic rings. The lowest BCUT2D eigenvalue weighted by atomic mass is 10.1. The van der Waals surface area contributed by atoms with Gasteiger partial charge in [-0.3, -0.25) is 9.59 Å². The molecule has 0 spiro atoms. The van der Waals surface area contributed by atoms with Crippen molar-refractivity contribution in [2.45, 2.75) is 58.4 Å². The fourth-order valence-electron chi connectivity index (χ4n) is 1.69. The highest BCUT2D eigenvalue weighted by molar-refractivity contribution is 5.76. The molecule has 0 saturated heterocycles. The molecule has 5 nitrogen and oxygen atoms in total. The van der Waals surface area contributed by atoms with Gasteiger partial charge in [0.15, 0.2) is 0 Å². The van der Waals surface area contributed by atoms with E-state index in [1.165, 1.54) is 6.92 Å². The van der Waals surface area contributed by atoms with Crippen LogP contribution in [0.1, 0.15) is 52.4 Å². The molecule has 1 unspecified atom stereocenters. The van der Waals surface area contributed by atoms with Gasteiger partial charge in [-0.05, 0) is 25.7 Å². The topological polar surface area (TPSA) is 78.4 Å². The Labute approximate surface area is 109 Å². The maximum absolute atomic E-state index is 11.6. The van der Waals surface area contributed by atoms with Crippen molar-refractivity contribution in [3.63, 3.8) is 0 Å². The number of hydrogen-bond donors (Lipinski definition) is 3. The second kappa shape index (κ2) is 11.0. The van der Waals surface area contributed by atoms with Crippen LogP contribution in [0.5, 0.6) is 0 Å². The number of nitrogens with one attached hydrogen (secondary N) is 2. The molecule has 0 aliphatic carbocycles. The highest BCUT2D eigenvalue weighted by Gasteiger charge is 2.09. The van der Waals surface area contributed by atoms with Gasteiger partial charge in [-0.2, -0.15) is 0 Å². The minimum absolute atomic E-state index is 0.0115. The molecule has 18 heavy (non-hydrogen) atoms. The van der Waals surface area contributed by atoms with Crippen molar-refractivity contribution in [3.8, 4) is 0 Å². The van der Waals surface area contributed by atoms with Gasteiger partial charge in [0, 0.05) is 32.5 Å². The van der Waals surface area contributed by atoms with Gasteiger partial charge in [0.05, 0.1) is 0 Å². The van der Waals surface area contributed by atoms with E-state index < -0.39 is 0 Å². The van der Waals surface area contributed by atoms with Crippen LogP contribution in [-0.4, -0.2) is 36.1 Å². The van der Waals surface area contributed by atoms with Crippen molar-refractivity contribution in [1.29, 1.82) is 0 Å². The van der Waals surface area contributed by atoms with E-state index >= 15 is 0 Å². The summed E-state index contributed by atoms with van der Waals surface area (Å²) in [4.78, 5) is 22.2. The van der Waals surface area contributed by atoms with Crippen LogP contribution < -0.4 is 10.6 Å². The first-order valence-corrected chi connectivity index (χ1v) is 6.74. The van der Waals surface area contributed by atoms with Gasteiger partial charge in [0.25, 0.3) is 0 Å². The Morgan fingerprint density at radius 3 is 2.50 bits per heavy atom. The molecule has 5 heteroatoms. The summed E-state index contributed by atoms with van der Waals surface area (Å²) in [6, 6.07) is 0.0851. The summed E-state index contributed by atoms with van der Waals surface area (Å²) in [7, 11) is 0. The van der Waals surface area contributed by atoms with Gasteiger partial charge < -0.3 is 15.7 Å². The standard InChI is InChI=1S/C13H26N2O3/c1-3-12(8-10-16)15-13(18)7-5-4-6-9-14-11(2)17/h12,16H,3-10H2,1-2H3,(H,14,17)(H,15,18). The lowest BCUT2D eigenvalue weighted by Crippen LogP contribution is -2.34. The second-order valence-electron chi connectivity index (χ2n) is 4.48. The molecule has 1 atom stereocenters. The summed E-state index contributed by atoms with van der Waals surface area (Å²) in [5.41, 5.74) is 0. The molecule has 0 fully saturated rings. The molecule has 0 heterocycles. The first-order chi connectivity index (χ1) is 8.60. The molecule has 106 valence electrons. The fraction of sp³-hybridized carbons (Fsp3) is 0.846. The zero-order chi connectivity index (χ0) is 13.8. The Hall–Kier alpha value is -1.10. The molecule has 2 amide bonds. The van der Waals surface area contributed by atoms with Crippen LogP contribution in [0.3, 0.4) is 0 Å². The van der Waals surface area contributed by atoms with Crippen molar-refractivity contribution >= 4 is 11.8 Å². The number of aliphatic hydroxyl groups excluding tert-OH is 1. The molecule has 0 rings (SSSR count). The molecule has 0 aromatic carbocycles. The smallest absolute Gasteiger partial charge is 0.220 e. The van der Waals surface area contributed by atoms with Crippen LogP contribution in [0, 0.1) is 0 Å². The Morgan fingerprint density at radius 1 is 1.22 bits per heavy atom. The third-order valence-corrected chi connectivity index (χ3v) is 2.79. The Morgan fingerprint density at radius 2 is 1.94 bits per heavy atom. The van der Waals surface area contributed by atoms with Crippen LogP contribution in [0.4, 0.5) is 0 Å². The predicted molar refractivity (Wildman–Crippen MR) is 71.1 cm³/mol. The summed E-state index contributed by atoms with van der Waals surface area (Å²) in [6.45, 7) is 4.28. The number of carbonyl (C=O) groups excluding carboxylic acids is 2. The molecule has 3 N–H and O–H groups in total. The number of carbonyl (C=O) groups is 2. The summed E-state index contributed by atoms with van der Waals surface area (Å²) < 4.78 is 0. The minimum Gasteiger partial charge on any atom is -0.396 e. The SMILES string of the molecule is CCC(CCO)NC(=O)CCCCCNC(C)=O. The van der Waals surface area contributed by atoms with Crippen LogP contribution in [0.2, 0.25) is 0 Å². The first-order valence-electron chi connectivity index (χ1n) is 6.74. The highest BCUT2D eigenvalue weighted by Crippen LogP contribution is 2.02. The van der Waals surface area contributed by atoms with Crippen LogP contribution in [0.15, 0.2) is 0 Å². The molecule has 0 aromatic heterocycles. The molecular formula is C13H26N2O3. The van der Waals surface area contributed by atoms with Gasteiger partial charge in [-0.1, -0.05) is 13.3 Å². The quantitative estimate of drug-likeness (QED) is 0.511. The molecule has 0 aliphatic heterocycles. The zero-order valence-corrected chi connectivity index (χ0v) is 11.5. The van der Waals surface area contributed by atoms with E-state index in [9.17, 15) is 9.59 Å². The number of aliphatic hydroxyl groups is 1. The van der Waals surface area contributed by atoms with E-state index in [1.807, 2.05) is 6.92 Å². The van der Waals surface area contributed by atoms with Crippen LogP contribution in [-0.2, 0) is 9.59 Å². The number of hydrogen-bond acceptors (Lipinski definition) is 3. The number of unbranched alkanes of at least 4 members (excludes halogenated alkanes) is 2. The largest absolute Gasteiger partial charge is 0.396 e. The van der Waals surface area contributed by atoms with Crippen molar-refractivity contribution in [3.05, 3.63) is 0 Å². The zero-order valence-electron chi connectivity index (χ0n) is 11.5. The average Bonchev–Trinajstić information content (AvgIpc) is 2.32. The summed E-state index contributed by atoms with van der Waals surface area (Å²) in [5, 5.41) is 14.4. The predicted octanol–water partition coefficient (Wildman–Crippen LogP) is 0.960. The minimum atomic E-state index is -0.0115. The van der Waals surface area contributed by atoms with Crippen LogP contribution in [0.25, 0.3) is 0 Å². The maximum atomic E-state index is 11.6. The summed E-state index contributed by atoms with van der Waals surface area (Å²) in [5.74, 6) is 0.0392. The lowest BCUT2D eigenvalue weighted by Gasteiger charge is -2.15. The molecule has 0 bridgehead atoms. The maximum Gasteiger partial charge on any atom is 0.220 e. The summed E-state index contributed by atoms with van der Waals surface area (Å²) in [6.07, 6.45) is 4.65. The van der Waals surface area contributed by atoms with Gasteiger partial charge in [0.2, 0.25) is 11.8 Å². The number of rotatable bonds is 10. The highest BCUT2D eigenvalue weighted by atomic mass is 16.3. The fourth-order valence-corrected chi connectivity index (χ4v) is 1.69. The van der Waals surface area contributed by atoms with Gasteiger partial charge in [-0.25, -0.2) is 0 Å². The normalized spacial score (nSPS) is 11.9. The third kappa shape index (κ3) is 10.1. The molecule has 0 aromatic rings. The van der Waals surface area contributed by atoms with Crippen LogP contribution >= 0.6 is 0 Å². The summed E-state index contributed by atoms with van der Waals surface area (Å²) >= 11 is 0. The molecule has 0 saturated carbocycles. The van der Waals surface area contributed by atoms with Gasteiger partial charge >= 0.3 is 0 Å². The Balaban J connectivity index is 3.49.